The third-order valence-corrected chi connectivity index (χ3v) is 3.48. The fraction of sp³-hybridized carbons (Fsp3) is 0.600. The molecule has 1 rings (SSSR count). The second kappa shape index (κ2) is 4.47. The Hall–Kier alpha value is -0.320. The maximum absolute atomic E-state index is 10.1. The molecule has 0 aliphatic rings. The minimum atomic E-state index is -0.665. The van der Waals surface area contributed by atoms with E-state index < -0.39 is 6.10 Å². The van der Waals surface area contributed by atoms with Crippen molar-refractivity contribution in [3.8, 4) is 0 Å². The predicted molar refractivity (Wildman–Crippen MR) is 58.8 cm³/mol. The smallest absolute Gasteiger partial charge is 0.146 e. The van der Waals surface area contributed by atoms with Crippen LogP contribution in [-0.2, 0) is 0 Å². The van der Waals surface area contributed by atoms with E-state index in [2.05, 4.69) is 15.9 Å². The molecule has 0 spiro atoms. The summed E-state index contributed by atoms with van der Waals surface area (Å²) in [6.45, 7) is 4.39. The zero-order valence-electron chi connectivity index (χ0n) is 8.46. The molecular formula is C10H16BrNO2. The van der Waals surface area contributed by atoms with Crippen LogP contribution in [0.2, 0.25) is 0 Å². The molecule has 2 atom stereocenters. The monoisotopic (exact) mass is 261 g/mol. The molecular weight excluding hydrogens is 246 g/mol. The van der Waals surface area contributed by atoms with Crippen LogP contribution in [0.4, 0.5) is 0 Å². The van der Waals surface area contributed by atoms with E-state index in [9.17, 15) is 5.11 Å². The van der Waals surface area contributed by atoms with Crippen LogP contribution in [0.3, 0.4) is 0 Å². The summed E-state index contributed by atoms with van der Waals surface area (Å²) in [4.78, 5) is 0. The van der Waals surface area contributed by atoms with E-state index in [0.29, 0.717) is 12.3 Å². The fourth-order valence-corrected chi connectivity index (χ4v) is 1.68. The van der Waals surface area contributed by atoms with Gasteiger partial charge in [0.05, 0.1) is 10.7 Å². The first-order chi connectivity index (χ1) is 6.55. The number of halogens is 1. The first-order valence-corrected chi connectivity index (χ1v) is 5.45. The molecule has 0 amide bonds. The lowest BCUT2D eigenvalue weighted by Crippen LogP contribution is -2.33. The summed E-state index contributed by atoms with van der Waals surface area (Å²) in [5.41, 5.74) is 5.32. The summed E-state index contributed by atoms with van der Waals surface area (Å²) >= 11 is 3.32. The lowest BCUT2D eigenvalue weighted by Gasteiger charge is -2.31. The maximum Gasteiger partial charge on any atom is 0.146 e. The summed E-state index contributed by atoms with van der Waals surface area (Å²) in [6, 6.07) is 1.77. The Morgan fingerprint density at radius 2 is 2.36 bits per heavy atom. The molecule has 0 aliphatic carbocycles. The summed E-state index contributed by atoms with van der Waals surface area (Å²) in [6.07, 6.45) is 1.69. The van der Waals surface area contributed by atoms with Crippen LogP contribution < -0.4 is 5.73 Å². The van der Waals surface area contributed by atoms with Crippen molar-refractivity contribution >= 4 is 15.9 Å². The average molecular weight is 262 g/mol. The number of furan rings is 1. The number of hydrogen-bond donors (Lipinski definition) is 2. The van der Waals surface area contributed by atoms with Crippen molar-refractivity contribution in [3.63, 3.8) is 0 Å². The predicted octanol–water partition coefficient (Wildman–Crippen LogP) is 2.45. The Bertz CT molecular complexity index is 294. The zero-order chi connectivity index (χ0) is 10.8. The van der Waals surface area contributed by atoms with Crippen LogP contribution in [-0.4, -0.2) is 11.7 Å². The Labute approximate surface area is 92.4 Å². The first-order valence-electron chi connectivity index (χ1n) is 4.66. The van der Waals surface area contributed by atoms with Gasteiger partial charge in [-0.3, -0.25) is 0 Å². The van der Waals surface area contributed by atoms with E-state index >= 15 is 0 Å². The van der Waals surface area contributed by atoms with Crippen molar-refractivity contribution in [2.45, 2.75) is 26.4 Å². The quantitative estimate of drug-likeness (QED) is 0.876. The lowest BCUT2D eigenvalue weighted by molar-refractivity contribution is 0.0213. The Morgan fingerprint density at radius 3 is 2.71 bits per heavy atom. The Kier molecular flexibility index (Phi) is 3.75. The molecule has 0 aromatic carbocycles. The van der Waals surface area contributed by atoms with E-state index in [1.165, 1.54) is 0 Å². The van der Waals surface area contributed by atoms with Gasteiger partial charge in [-0.15, -0.1) is 0 Å². The Balaban J connectivity index is 2.94. The van der Waals surface area contributed by atoms with E-state index in [4.69, 9.17) is 10.2 Å². The highest BCUT2D eigenvalue weighted by molar-refractivity contribution is 9.10. The van der Waals surface area contributed by atoms with Crippen LogP contribution in [0.15, 0.2) is 21.2 Å². The van der Waals surface area contributed by atoms with E-state index in [-0.39, 0.29) is 5.41 Å². The largest absolute Gasteiger partial charge is 0.465 e. The van der Waals surface area contributed by atoms with Crippen LogP contribution in [0.25, 0.3) is 0 Å². The summed E-state index contributed by atoms with van der Waals surface area (Å²) in [5, 5.41) is 10.1. The third kappa shape index (κ3) is 2.02. The van der Waals surface area contributed by atoms with Gasteiger partial charge in [0.15, 0.2) is 0 Å². The second-order valence-electron chi connectivity index (χ2n) is 3.75. The topological polar surface area (TPSA) is 59.4 Å². The van der Waals surface area contributed by atoms with E-state index in [1.807, 2.05) is 13.8 Å². The molecule has 1 aromatic rings. The number of rotatable bonds is 4. The molecule has 0 aliphatic heterocycles. The summed E-state index contributed by atoms with van der Waals surface area (Å²) in [7, 11) is 0. The maximum atomic E-state index is 10.1. The van der Waals surface area contributed by atoms with Gasteiger partial charge in [-0.05, 0) is 28.4 Å². The standard InChI is InChI=1S/C10H16BrNO2/c1-3-10(2,6-12)9(13)8-7(11)4-5-14-8/h4-5,9,13H,3,6,12H2,1-2H3. The van der Waals surface area contributed by atoms with E-state index in [0.717, 1.165) is 10.9 Å². The molecule has 0 radical (unpaired) electrons. The van der Waals surface area contributed by atoms with Gasteiger partial charge < -0.3 is 15.3 Å². The first kappa shape index (κ1) is 11.8. The van der Waals surface area contributed by atoms with Gasteiger partial charge in [-0.25, -0.2) is 0 Å². The normalized spacial score (nSPS) is 17.8. The van der Waals surface area contributed by atoms with Gasteiger partial charge in [-0.2, -0.15) is 0 Å². The highest BCUT2D eigenvalue weighted by atomic mass is 79.9. The van der Waals surface area contributed by atoms with Crippen molar-refractivity contribution in [1.82, 2.24) is 0 Å². The van der Waals surface area contributed by atoms with E-state index in [1.54, 1.807) is 12.3 Å². The minimum absolute atomic E-state index is 0.333. The van der Waals surface area contributed by atoms with Gasteiger partial charge >= 0.3 is 0 Å². The van der Waals surface area contributed by atoms with Gasteiger partial charge in [0.1, 0.15) is 11.9 Å². The number of hydrogen-bond acceptors (Lipinski definition) is 3. The highest BCUT2D eigenvalue weighted by Crippen LogP contribution is 2.38. The van der Waals surface area contributed by atoms with Gasteiger partial charge in [0, 0.05) is 12.0 Å². The fourth-order valence-electron chi connectivity index (χ4n) is 1.27. The summed E-state index contributed by atoms with van der Waals surface area (Å²) < 4.78 is 6.01. The van der Waals surface area contributed by atoms with Crippen molar-refractivity contribution in [2.75, 3.05) is 6.54 Å². The van der Waals surface area contributed by atoms with Crippen molar-refractivity contribution in [3.05, 3.63) is 22.6 Å². The van der Waals surface area contributed by atoms with Gasteiger partial charge in [-0.1, -0.05) is 13.8 Å². The van der Waals surface area contributed by atoms with Crippen molar-refractivity contribution < 1.29 is 9.52 Å². The Morgan fingerprint density at radius 1 is 1.71 bits per heavy atom. The van der Waals surface area contributed by atoms with Crippen LogP contribution in [0.5, 0.6) is 0 Å². The molecule has 0 saturated heterocycles. The second-order valence-corrected chi connectivity index (χ2v) is 4.60. The molecule has 3 N–H and O–H groups in total. The van der Waals surface area contributed by atoms with Crippen LogP contribution >= 0.6 is 15.9 Å². The number of aliphatic hydroxyl groups excluding tert-OH is 1. The minimum Gasteiger partial charge on any atom is -0.465 e. The van der Waals surface area contributed by atoms with Gasteiger partial charge in [0.25, 0.3) is 0 Å². The summed E-state index contributed by atoms with van der Waals surface area (Å²) in [5.74, 6) is 0.555. The SMILES string of the molecule is CCC(C)(CN)C(O)c1occc1Br. The molecule has 4 heteroatoms. The lowest BCUT2D eigenvalue weighted by atomic mass is 9.80. The number of aliphatic hydroxyl groups is 1. The molecule has 1 heterocycles. The molecule has 2 unspecified atom stereocenters. The molecule has 1 aromatic heterocycles. The molecule has 0 fully saturated rings. The zero-order valence-corrected chi connectivity index (χ0v) is 10.0. The van der Waals surface area contributed by atoms with Crippen molar-refractivity contribution in [1.29, 1.82) is 0 Å². The molecule has 0 saturated carbocycles. The number of nitrogens with two attached hydrogens (primary N) is 1. The molecule has 80 valence electrons. The molecule has 3 nitrogen and oxygen atoms in total. The van der Waals surface area contributed by atoms with Gasteiger partial charge in [0.2, 0.25) is 0 Å². The van der Waals surface area contributed by atoms with Crippen molar-refractivity contribution in [2.24, 2.45) is 11.1 Å². The highest BCUT2D eigenvalue weighted by Gasteiger charge is 2.34. The average Bonchev–Trinajstić information content (AvgIpc) is 2.62. The molecule has 14 heavy (non-hydrogen) atoms. The third-order valence-electron chi connectivity index (χ3n) is 2.83. The molecule has 0 bridgehead atoms. The van der Waals surface area contributed by atoms with Crippen LogP contribution in [0, 0.1) is 5.41 Å². The van der Waals surface area contributed by atoms with Crippen LogP contribution in [0.1, 0.15) is 32.1 Å².